The molecule has 0 aliphatic carbocycles. The molecule has 0 aliphatic heterocycles. The van der Waals surface area contributed by atoms with E-state index in [0.29, 0.717) is 12.6 Å². The molecule has 17 heavy (non-hydrogen) atoms. The van der Waals surface area contributed by atoms with Crippen LogP contribution in [0.5, 0.6) is 5.75 Å². The van der Waals surface area contributed by atoms with Crippen LogP contribution in [0.3, 0.4) is 0 Å². The molecule has 0 bridgehead atoms. The maximum Gasteiger partial charge on any atom is 0.124 e. The SMILES string of the molecule is C=C(C)COc1ccc(C)cc1CNC(C)C. The van der Waals surface area contributed by atoms with Gasteiger partial charge in [-0.3, -0.25) is 0 Å². The minimum Gasteiger partial charge on any atom is -0.489 e. The smallest absolute Gasteiger partial charge is 0.124 e. The van der Waals surface area contributed by atoms with Gasteiger partial charge in [0.05, 0.1) is 0 Å². The fourth-order valence-electron chi connectivity index (χ4n) is 1.50. The third-order valence-electron chi connectivity index (χ3n) is 2.39. The minimum absolute atomic E-state index is 0.476. The molecule has 2 heteroatoms. The van der Waals surface area contributed by atoms with Gasteiger partial charge in [-0.25, -0.2) is 0 Å². The third-order valence-corrected chi connectivity index (χ3v) is 2.39. The average Bonchev–Trinajstić information content (AvgIpc) is 2.24. The summed E-state index contributed by atoms with van der Waals surface area (Å²) in [5.74, 6) is 0.951. The number of ether oxygens (including phenoxy) is 1. The van der Waals surface area contributed by atoms with Crippen LogP contribution in [0.1, 0.15) is 31.9 Å². The second-order valence-corrected chi connectivity index (χ2v) is 4.89. The lowest BCUT2D eigenvalue weighted by molar-refractivity contribution is 0.347. The Balaban J connectivity index is 2.76. The highest BCUT2D eigenvalue weighted by Crippen LogP contribution is 2.20. The van der Waals surface area contributed by atoms with Gasteiger partial charge in [-0.2, -0.15) is 0 Å². The van der Waals surface area contributed by atoms with Crippen molar-refractivity contribution in [1.82, 2.24) is 5.32 Å². The van der Waals surface area contributed by atoms with E-state index < -0.39 is 0 Å². The van der Waals surface area contributed by atoms with Gasteiger partial charge >= 0.3 is 0 Å². The summed E-state index contributed by atoms with van der Waals surface area (Å²) >= 11 is 0. The molecular formula is C15H23NO. The molecule has 2 nitrogen and oxygen atoms in total. The Morgan fingerprint density at radius 2 is 2.12 bits per heavy atom. The summed E-state index contributed by atoms with van der Waals surface area (Å²) in [5, 5.41) is 3.41. The van der Waals surface area contributed by atoms with E-state index in [-0.39, 0.29) is 0 Å². The molecule has 0 atom stereocenters. The van der Waals surface area contributed by atoms with Crippen LogP contribution < -0.4 is 10.1 Å². The van der Waals surface area contributed by atoms with Crippen molar-refractivity contribution in [2.45, 2.75) is 40.3 Å². The van der Waals surface area contributed by atoms with E-state index in [0.717, 1.165) is 17.9 Å². The van der Waals surface area contributed by atoms with Crippen molar-refractivity contribution in [3.05, 3.63) is 41.5 Å². The van der Waals surface area contributed by atoms with Crippen molar-refractivity contribution in [3.63, 3.8) is 0 Å². The number of benzene rings is 1. The van der Waals surface area contributed by atoms with Crippen molar-refractivity contribution in [1.29, 1.82) is 0 Å². The summed E-state index contributed by atoms with van der Waals surface area (Å²) in [6, 6.07) is 6.76. The summed E-state index contributed by atoms with van der Waals surface area (Å²) in [7, 11) is 0. The molecular weight excluding hydrogens is 210 g/mol. The number of hydrogen-bond acceptors (Lipinski definition) is 2. The molecule has 1 aromatic rings. The minimum atomic E-state index is 0.476. The van der Waals surface area contributed by atoms with Gasteiger partial charge in [-0.05, 0) is 25.5 Å². The molecule has 0 aliphatic rings. The molecule has 1 N–H and O–H groups in total. The summed E-state index contributed by atoms with van der Waals surface area (Å²) in [5.41, 5.74) is 3.50. The van der Waals surface area contributed by atoms with Crippen molar-refractivity contribution < 1.29 is 4.74 Å². The Bertz CT molecular complexity index is 383. The maximum absolute atomic E-state index is 5.75. The Hall–Kier alpha value is -1.28. The predicted octanol–water partition coefficient (Wildman–Crippen LogP) is 3.45. The van der Waals surface area contributed by atoms with Crippen molar-refractivity contribution in [2.75, 3.05) is 6.61 Å². The lowest BCUT2D eigenvalue weighted by Gasteiger charge is -2.14. The van der Waals surface area contributed by atoms with Gasteiger partial charge in [0.25, 0.3) is 0 Å². The Morgan fingerprint density at radius 1 is 1.41 bits per heavy atom. The van der Waals surface area contributed by atoms with Gasteiger partial charge in [-0.15, -0.1) is 0 Å². The van der Waals surface area contributed by atoms with Crippen LogP contribution in [-0.4, -0.2) is 12.6 Å². The van der Waals surface area contributed by atoms with Crippen molar-refractivity contribution in [2.24, 2.45) is 0 Å². The third kappa shape index (κ3) is 5.05. The first-order valence-electron chi connectivity index (χ1n) is 6.09. The average molecular weight is 233 g/mol. The molecule has 0 saturated carbocycles. The lowest BCUT2D eigenvalue weighted by Crippen LogP contribution is -2.22. The Labute approximate surface area is 105 Å². The molecule has 1 aromatic carbocycles. The monoisotopic (exact) mass is 233 g/mol. The molecule has 0 aromatic heterocycles. The summed E-state index contributed by atoms with van der Waals surface area (Å²) in [6.45, 7) is 13.6. The molecule has 1 rings (SSSR count). The number of aryl methyl sites for hydroxylation is 1. The molecule has 0 saturated heterocycles. The van der Waals surface area contributed by atoms with Gasteiger partial charge in [-0.1, -0.05) is 38.1 Å². The van der Waals surface area contributed by atoms with E-state index in [1.807, 2.05) is 13.0 Å². The van der Waals surface area contributed by atoms with Crippen molar-refractivity contribution >= 4 is 0 Å². The molecule has 0 radical (unpaired) electrons. The first-order valence-corrected chi connectivity index (χ1v) is 6.09. The summed E-state index contributed by atoms with van der Waals surface area (Å²) in [6.07, 6.45) is 0. The second kappa shape index (κ2) is 6.45. The zero-order chi connectivity index (χ0) is 12.8. The highest BCUT2D eigenvalue weighted by Gasteiger charge is 2.05. The van der Waals surface area contributed by atoms with Gasteiger partial charge in [0.15, 0.2) is 0 Å². The van der Waals surface area contributed by atoms with E-state index in [4.69, 9.17) is 4.74 Å². The van der Waals surface area contributed by atoms with Crippen molar-refractivity contribution in [3.8, 4) is 5.75 Å². The predicted molar refractivity (Wildman–Crippen MR) is 73.5 cm³/mol. The summed E-state index contributed by atoms with van der Waals surface area (Å²) < 4.78 is 5.75. The maximum atomic E-state index is 5.75. The topological polar surface area (TPSA) is 21.3 Å². The largest absolute Gasteiger partial charge is 0.489 e. The standard InChI is InChI=1S/C15H23NO/c1-11(2)10-17-15-7-6-13(5)8-14(15)9-16-12(3)4/h6-8,12,16H,1,9-10H2,2-5H3. The van der Waals surface area contributed by atoms with Gasteiger partial charge in [0.2, 0.25) is 0 Å². The van der Waals surface area contributed by atoms with E-state index in [1.165, 1.54) is 11.1 Å². The number of rotatable bonds is 6. The number of nitrogens with one attached hydrogen (secondary N) is 1. The molecule has 0 fully saturated rings. The molecule has 0 amide bonds. The first kappa shape index (κ1) is 13.8. The van der Waals surface area contributed by atoms with Crippen LogP contribution in [0.4, 0.5) is 0 Å². The normalized spacial score (nSPS) is 10.6. The molecule has 0 spiro atoms. The molecule has 0 heterocycles. The van der Waals surface area contributed by atoms with E-state index in [2.05, 4.69) is 44.8 Å². The first-order chi connectivity index (χ1) is 7.99. The zero-order valence-corrected chi connectivity index (χ0v) is 11.3. The fraction of sp³-hybridized carbons (Fsp3) is 0.467. The van der Waals surface area contributed by atoms with Crippen LogP contribution >= 0.6 is 0 Å². The van der Waals surface area contributed by atoms with E-state index in [1.54, 1.807) is 0 Å². The lowest BCUT2D eigenvalue weighted by atomic mass is 10.1. The Morgan fingerprint density at radius 3 is 2.71 bits per heavy atom. The number of hydrogen-bond donors (Lipinski definition) is 1. The molecule has 0 unspecified atom stereocenters. The van der Waals surface area contributed by atoms with Gasteiger partial charge in [0, 0.05) is 18.2 Å². The van der Waals surface area contributed by atoms with Crippen LogP contribution in [0, 0.1) is 6.92 Å². The van der Waals surface area contributed by atoms with Crippen LogP contribution in [-0.2, 0) is 6.54 Å². The van der Waals surface area contributed by atoms with Crippen LogP contribution in [0.2, 0.25) is 0 Å². The molecule has 94 valence electrons. The van der Waals surface area contributed by atoms with Crippen LogP contribution in [0.25, 0.3) is 0 Å². The van der Waals surface area contributed by atoms with E-state index in [9.17, 15) is 0 Å². The highest BCUT2D eigenvalue weighted by atomic mass is 16.5. The second-order valence-electron chi connectivity index (χ2n) is 4.89. The van der Waals surface area contributed by atoms with Crippen LogP contribution in [0.15, 0.2) is 30.4 Å². The van der Waals surface area contributed by atoms with Gasteiger partial charge < -0.3 is 10.1 Å². The fourth-order valence-corrected chi connectivity index (χ4v) is 1.50. The quantitative estimate of drug-likeness (QED) is 0.760. The highest BCUT2D eigenvalue weighted by molar-refractivity contribution is 5.37. The Kier molecular flexibility index (Phi) is 5.23. The zero-order valence-electron chi connectivity index (χ0n) is 11.3. The van der Waals surface area contributed by atoms with E-state index >= 15 is 0 Å². The summed E-state index contributed by atoms with van der Waals surface area (Å²) in [4.78, 5) is 0. The van der Waals surface area contributed by atoms with Gasteiger partial charge in [0.1, 0.15) is 12.4 Å².